The van der Waals surface area contributed by atoms with Crippen LogP contribution in [0.2, 0.25) is 0 Å². The van der Waals surface area contributed by atoms with Crippen molar-refractivity contribution in [3.05, 3.63) is 0 Å². The molecule has 0 aromatic heterocycles. The lowest BCUT2D eigenvalue weighted by Crippen LogP contribution is -2.48. The number of carbonyl (C=O) groups excluding carboxylic acids is 2. The number of nitrogens with one attached hydrogen (secondary N) is 3. The standard InChI is InChI=1S/C11H21N3O2/c1-8(2)13-7-10(15)14-9-5-3-4-6-12-11(9)16/h8-9,13H,3-7H2,1-2H3,(H,12,16)(H,14,15). The van der Waals surface area contributed by atoms with Gasteiger partial charge in [-0.3, -0.25) is 9.59 Å². The highest BCUT2D eigenvalue weighted by atomic mass is 16.2. The summed E-state index contributed by atoms with van der Waals surface area (Å²) in [7, 11) is 0. The fourth-order valence-electron chi connectivity index (χ4n) is 1.62. The predicted octanol–water partition coefficient (Wildman–Crippen LogP) is -0.231. The van der Waals surface area contributed by atoms with Crippen LogP contribution in [0.4, 0.5) is 0 Å². The Labute approximate surface area is 96.4 Å². The molecule has 0 bridgehead atoms. The average Bonchev–Trinajstić information content (AvgIpc) is 2.42. The quantitative estimate of drug-likeness (QED) is 0.621. The van der Waals surface area contributed by atoms with Gasteiger partial charge in [-0.05, 0) is 19.3 Å². The lowest BCUT2D eigenvalue weighted by atomic mass is 10.1. The van der Waals surface area contributed by atoms with Crippen LogP contribution in [0.5, 0.6) is 0 Å². The monoisotopic (exact) mass is 227 g/mol. The summed E-state index contributed by atoms with van der Waals surface area (Å²) >= 11 is 0. The van der Waals surface area contributed by atoms with Crippen LogP contribution < -0.4 is 16.0 Å². The highest BCUT2D eigenvalue weighted by Crippen LogP contribution is 2.04. The van der Waals surface area contributed by atoms with Crippen molar-refractivity contribution in [3.63, 3.8) is 0 Å². The highest BCUT2D eigenvalue weighted by Gasteiger charge is 2.21. The van der Waals surface area contributed by atoms with Crippen LogP contribution in [-0.4, -0.2) is 37.0 Å². The van der Waals surface area contributed by atoms with E-state index in [2.05, 4.69) is 16.0 Å². The molecule has 92 valence electrons. The number of hydrogen-bond acceptors (Lipinski definition) is 3. The minimum Gasteiger partial charge on any atom is -0.354 e. The first-order valence-corrected chi connectivity index (χ1v) is 5.90. The van der Waals surface area contributed by atoms with Gasteiger partial charge >= 0.3 is 0 Å². The van der Waals surface area contributed by atoms with Crippen LogP contribution in [0.1, 0.15) is 33.1 Å². The van der Waals surface area contributed by atoms with E-state index in [1.54, 1.807) is 0 Å². The van der Waals surface area contributed by atoms with Gasteiger partial charge in [0.2, 0.25) is 11.8 Å². The van der Waals surface area contributed by atoms with E-state index in [9.17, 15) is 9.59 Å². The number of hydrogen-bond donors (Lipinski definition) is 3. The Kier molecular flexibility index (Phi) is 5.25. The summed E-state index contributed by atoms with van der Waals surface area (Å²) in [6.07, 6.45) is 2.70. The number of carbonyl (C=O) groups is 2. The topological polar surface area (TPSA) is 70.2 Å². The van der Waals surface area contributed by atoms with Gasteiger partial charge in [-0.2, -0.15) is 0 Å². The third-order valence-electron chi connectivity index (χ3n) is 2.54. The van der Waals surface area contributed by atoms with Crippen molar-refractivity contribution < 1.29 is 9.59 Å². The third-order valence-corrected chi connectivity index (χ3v) is 2.54. The Bertz CT molecular complexity index is 254. The Morgan fingerprint density at radius 3 is 2.94 bits per heavy atom. The lowest BCUT2D eigenvalue weighted by Gasteiger charge is -2.16. The van der Waals surface area contributed by atoms with Gasteiger partial charge in [0, 0.05) is 12.6 Å². The maximum Gasteiger partial charge on any atom is 0.242 e. The summed E-state index contributed by atoms with van der Waals surface area (Å²) in [5.74, 6) is -0.175. The van der Waals surface area contributed by atoms with E-state index in [0.29, 0.717) is 0 Å². The van der Waals surface area contributed by atoms with Crippen molar-refractivity contribution in [2.75, 3.05) is 13.1 Å². The van der Waals surface area contributed by atoms with E-state index in [1.165, 1.54) is 0 Å². The molecule has 0 radical (unpaired) electrons. The van der Waals surface area contributed by atoms with E-state index in [4.69, 9.17) is 0 Å². The van der Waals surface area contributed by atoms with Crippen molar-refractivity contribution in [2.24, 2.45) is 0 Å². The third kappa shape index (κ3) is 4.61. The fourth-order valence-corrected chi connectivity index (χ4v) is 1.62. The SMILES string of the molecule is CC(C)NCC(=O)NC1CCCCNC1=O. The zero-order chi connectivity index (χ0) is 12.0. The minimum absolute atomic E-state index is 0.0598. The highest BCUT2D eigenvalue weighted by molar-refractivity contribution is 5.88. The molecule has 1 atom stereocenters. The lowest BCUT2D eigenvalue weighted by molar-refractivity contribution is -0.128. The van der Waals surface area contributed by atoms with Crippen LogP contribution in [0, 0.1) is 0 Å². The van der Waals surface area contributed by atoms with Crippen molar-refractivity contribution in [3.8, 4) is 0 Å². The number of amides is 2. The zero-order valence-electron chi connectivity index (χ0n) is 10.0. The van der Waals surface area contributed by atoms with E-state index in [0.717, 1.165) is 25.8 Å². The fraction of sp³-hybridized carbons (Fsp3) is 0.818. The second kappa shape index (κ2) is 6.48. The molecule has 1 unspecified atom stereocenters. The van der Waals surface area contributed by atoms with E-state index in [1.807, 2.05) is 13.8 Å². The minimum atomic E-state index is -0.357. The van der Waals surface area contributed by atoms with Crippen LogP contribution in [0.25, 0.3) is 0 Å². The summed E-state index contributed by atoms with van der Waals surface area (Å²) in [6, 6.07) is -0.0855. The summed E-state index contributed by atoms with van der Waals surface area (Å²) in [4.78, 5) is 23.1. The van der Waals surface area contributed by atoms with Crippen LogP contribution in [0.15, 0.2) is 0 Å². The Balaban J connectivity index is 2.33. The molecule has 1 saturated heterocycles. The van der Waals surface area contributed by atoms with Gasteiger partial charge in [0.1, 0.15) is 6.04 Å². The molecule has 16 heavy (non-hydrogen) atoms. The largest absolute Gasteiger partial charge is 0.354 e. The number of rotatable bonds is 4. The molecule has 3 N–H and O–H groups in total. The van der Waals surface area contributed by atoms with Crippen molar-refractivity contribution in [1.82, 2.24) is 16.0 Å². The van der Waals surface area contributed by atoms with Gasteiger partial charge in [0.15, 0.2) is 0 Å². The molecule has 2 amide bonds. The second-order valence-electron chi connectivity index (χ2n) is 4.44. The molecule has 0 aliphatic carbocycles. The first kappa shape index (κ1) is 13.0. The molecule has 5 nitrogen and oxygen atoms in total. The molecule has 0 aromatic rings. The van der Waals surface area contributed by atoms with E-state index < -0.39 is 0 Å². The zero-order valence-corrected chi connectivity index (χ0v) is 10.0. The van der Waals surface area contributed by atoms with Gasteiger partial charge < -0.3 is 16.0 Å². The van der Waals surface area contributed by atoms with Crippen molar-refractivity contribution in [2.45, 2.75) is 45.2 Å². The summed E-state index contributed by atoms with van der Waals surface area (Å²) in [5.41, 5.74) is 0. The molecule has 1 fully saturated rings. The van der Waals surface area contributed by atoms with Gasteiger partial charge in [0.25, 0.3) is 0 Å². The molecule has 1 rings (SSSR count). The van der Waals surface area contributed by atoms with Crippen molar-refractivity contribution >= 4 is 11.8 Å². The van der Waals surface area contributed by atoms with Gasteiger partial charge in [-0.1, -0.05) is 13.8 Å². The molecule has 1 heterocycles. The first-order chi connectivity index (χ1) is 7.59. The maximum atomic E-state index is 11.5. The average molecular weight is 227 g/mol. The molecule has 0 aromatic carbocycles. The predicted molar refractivity (Wildman–Crippen MR) is 61.9 cm³/mol. The smallest absolute Gasteiger partial charge is 0.242 e. The van der Waals surface area contributed by atoms with Crippen LogP contribution in [-0.2, 0) is 9.59 Å². The molecule has 5 heteroatoms. The molecule has 1 aliphatic rings. The molecular weight excluding hydrogens is 206 g/mol. The Morgan fingerprint density at radius 1 is 1.50 bits per heavy atom. The van der Waals surface area contributed by atoms with Crippen molar-refractivity contribution in [1.29, 1.82) is 0 Å². The molecule has 0 saturated carbocycles. The maximum absolute atomic E-state index is 11.5. The first-order valence-electron chi connectivity index (χ1n) is 5.90. The van der Waals surface area contributed by atoms with Gasteiger partial charge in [-0.25, -0.2) is 0 Å². The van der Waals surface area contributed by atoms with E-state index >= 15 is 0 Å². The van der Waals surface area contributed by atoms with Crippen LogP contribution in [0.3, 0.4) is 0 Å². The summed E-state index contributed by atoms with van der Waals surface area (Å²) in [5, 5.41) is 8.56. The van der Waals surface area contributed by atoms with Gasteiger partial charge in [0.05, 0.1) is 6.54 Å². The Morgan fingerprint density at radius 2 is 2.25 bits per heavy atom. The Hall–Kier alpha value is -1.10. The van der Waals surface area contributed by atoms with E-state index in [-0.39, 0.29) is 30.4 Å². The van der Waals surface area contributed by atoms with Crippen LogP contribution >= 0.6 is 0 Å². The summed E-state index contributed by atoms with van der Waals surface area (Å²) in [6.45, 7) is 4.94. The summed E-state index contributed by atoms with van der Waals surface area (Å²) < 4.78 is 0. The molecule has 1 aliphatic heterocycles. The molecular formula is C11H21N3O2. The normalized spacial score (nSPS) is 21.4. The molecule has 0 spiro atoms. The second-order valence-corrected chi connectivity index (χ2v) is 4.44. The van der Waals surface area contributed by atoms with Gasteiger partial charge in [-0.15, -0.1) is 0 Å².